The van der Waals surface area contributed by atoms with E-state index in [1.54, 1.807) is 6.92 Å². The average molecular weight is 615 g/mol. The zero-order chi connectivity index (χ0) is 28.2. The number of rotatable bonds is 9. The maximum absolute atomic E-state index is 12.6. The van der Waals surface area contributed by atoms with Crippen molar-refractivity contribution in [2.75, 3.05) is 6.61 Å². The second-order valence-electron chi connectivity index (χ2n) is 10.5. The van der Waals surface area contributed by atoms with E-state index in [0.717, 1.165) is 10.4 Å². The van der Waals surface area contributed by atoms with E-state index in [1.165, 1.54) is 10.8 Å². The summed E-state index contributed by atoms with van der Waals surface area (Å²) in [5, 5.41) is 4.64. The SMILES string of the molecule is Cc1cn([C@H]2C[C@@H](OC(Br)N=[N+]=[N-])[C@@H](CO[Si](c3ccccc3)(c3ccccc3)C(C)(C)C)O2)c(=O)[nH]c1=O. The van der Waals surface area contributed by atoms with E-state index in [2.05, 4.69) is 76.0 Å². The third kappa shape index (κ3) is 6.11. The highest BCUT2D eigenvalue weighted by Gasteiger charge is 2.51. The fraction of sp³-hybridized carbons (Fsp3) is 0.407. The molecule has 1 fully saturated rings. The first-order valence-electron chi connectivity index (χ1n) is 12.6. The highest BCUT2D eigenvalue weighted by Crippen LogP contribution is 2.38. The Morgan fingerprint density at radius 3 is 2.28 bits per heavy atom. The number of benzene rings is 2. The number of azide groups is 1. The van der Waals surface area contributed by atoms with Crippen molar-refractivity contribution in [3.05, 3.63) is 104 Å². The van der Waals surface area contributed by atoms with Gasteiger partial charge in [-0.15, -0.1) is 0 Å². The van der Waals surface area contributed by atoms with Gasteiger partial charge in [-0.3, -0.25) is 14.3 Å². The Hall–Kier alpha value is -2.99. The molecule has 0 radical (unpaired) electrons. The Morgan fingerprint density at radius 2 is 1.74 bits per heavy atom. The lowest BCUT2D eigenvalue weighted by molar-refractivity contribution is -0.0621. The van der Waals surface area contributed by atoms with Gasteiger partial charge in [0.05, 0.1) is 12.7 Å². The molecule has 0 aliphatic carbocycles. The van der Waals surface area contributed by atoms with Crippen molar-refractivity contribution >= 4 is 34.6 Å². The number of H-pyrrole nitrogens is 1. The molecule has 0 bridgehead atoms. The molecule has 1 aromatic heterocycles. The molecule has 0 amide bonds. The smallest absolute Gasteiger partial charge is 0.330 e. The van der Waals surface area contributed by atoms with E-state index in [4.69, 9.17) is 19.4 Å². The van der Waals surface area contributed by atoms with E-state index in [-0.39, 0.29) is 18.1 Å². The van der Waals surface area contributed by atoms with Crippen LogP contribution in [0, 0.1) is 6.92 Å². The van der Waals surface area contributed by atoms with E-state index >= 15 is 0 Å². The summed E-state index contributed by atoms with van der Waals surface area (Å²) in [5.41, 5.74) is 8.23. The highest BCUT2D eigenvalue weighted by atomic mass is 79.9. The first kappa shape index (κ1) is 29.0. The molecular weight excluding hydrogens is 582 g/mol. The van der Waals surface area contributed by atoms with Crippen molar-refractivity contribution in [1.29, 1.82) is 0 Å². The topological polar surface area (TPSA) is 131 Å². The summed E-state index contributed by atoms with van der Waals surface area (Å²) in [5.74, 6) is 0. The number of nitrogens with one attached hydrogen (secondary N) is 1. The minimum Gasteiger partial charge on any atom is -0.405 e. The number of halogens is 1. The van der Waals surface area contributed by atoms with Gasteiger partial charge in [-0.05, 0) is 27.9 Å². The summed E-state index contributed by atoms with van der Waals surface area (Å²) in [6.45, 7) is 8.35. The first-order valence-corrected chi connectivity index (χ1v) is 15.5. The molecule has 1 N–H and O–H groups in total. The van der Waals surface area contributed by atoms with Gasteiger partial charge in [0.25, 0.3) is 13.9 Å². The van der Waals surface area contributed by atoms with Crippen molar-refractivity contribution in [2.45, 2.75) is 62.7 Å². The van der Waals surface area contributed by atoms with E-state index in [0.29, 0.717) is 5.56 Å². The zero-order valence-corrected chi connectivity index (χ0v) is 24.9. The van der Waals surface area contributed by atoms with E-state index in [1.807, 2.05) is 36.4 Å². The van der Waals surface area contributed by atoms with Gasteiger partial charge in [-0.1, -0.05) is 102 Å². The van der Waals surface area contributed by atoms with E-state index in [9.17, 15) is 9.59 Å². The molecular formula is C27H32BrN5O5Si. The largest absolute Gasteiger partial charge is 0.405 e. The predicted octanol–water partition coefficient (Wildman–Crippen LogP) is 4.08. The summed E-state index contributed by atoms with van der Waals surface area (Å²) in [6, 6.07) is 20.5. The summed E-state index contributed by atoms with van der Waals surface area (Å²) in [4.78, 5) is 29.7. The molecule has 10 nitrogen and oxygen atoms in total. The lowest BCUT2D eigenvalue weighted by atomic mass is 10.2. The molecule has 1 aliphatic heterocycles. The summed E-state index contributed by atoms with van der Waals surface area (Å²) >= 11 is 3.24. The molecule has 2 aromatic carbocycles. The van der Waals surface area contributed by atoms with Crippen LogP contribution in [0.15, 0.2) is 81.6 Å². The molecule has 4 atom stereocenters. The lowest BCUT2D eigenvalue weighted by Gasteiger charge is -2.43. The van der Waals surface area contributed by atoms with Gasteiger partial charge in [0.2, 0.25) is 0 Å². The Labute approximate surface area is 235 Å². The Bertz CT molecular complexity index is 1400. The number of aromatic amines is 1. The van der Waals surface area contributed by atoms with Crippen LogP contribution in [0.1, 0.15) is 39.0 Å². The third-order valence-electron chi connectivity index (χ3n) is 6.95. The molecule has 3 aromatic rings. The zero-order valence-electron chi connectivity index (χ0n) is 22.3. The minimum atomic E-state index is -2.88. The Balaban J connectivity index is 1.72. The number of aromatic nitrogens is 2. The number of nitrogens with zero attached hydrogens (tertiary/aromatic N) is 4. The molecule has 12 heteroatoms. The number of hydrogen-bond donors (Lipinski definition) is 1. The van der Waals surface area contributed by atoms with Crippen molar-refractivity contribution in [2.24, 2.45) is 5.11 Å². The Kier molecular flexibility index (Phi) is 8.95. The number of alkyl halides is 1. The van der Waals surface area contributed by atoms with Crippen molar-refractivity contribution in [3.8, 4) is 0 Å². The normalized spacial score (nSPS) is 20.4. The standard InChI is InChI=1S/C27H32BrN5O5Si/c1-18-16-33(26(35)30-24(18)34)23-15-21(38-25(28)31-32-29)22(37-23)17-36-39(27(2,3)4,19-11-7-5-8-12-19)20-13-9-6-10-14-20/h5-14,16,21-23,25H,15,17H2,1-4H3,(H,30,34,35)/t21-,22-,23-,25?/m1/s1. The molecule has 1 saturated heterocycles. The van der Waals surface area contributed by atoms with Crippen molar-refractivity contribution < 1.29 is 13.9 Å². The summed E-state index contributed by atoms with van der Waals surface area (Å²) < 4.78 is 20.7. The molecule has 206 valence electrons. The van der Waals surface area contributed by atoms with Crippen LogP contribution in [0.2, 0.25) is 5.04 Å². The van der Waals surface area contributed by atoms with Crippen molar-refractivity contribution in [1.82, 2.24) is 9.55 Å². The summed E-state index contributed by atoms with van der Waals surface area (Å²) in [7, 11) is -2.88. The lowest BCUT2D eigenvalue weighted by Crippen LogP contribution is -2.67. The van der Waals surface area contributed by atoms with Gasteiger partial charge >= 0.3 is 5.69 Å². The molecule has 39 heavy (non-hydrogen) atoms. The highest BCUT2D eigenvalue weighted by molar-refractivity contribution is 9.09. The van der Waals surface area contributed by atoms with Crippen LogP contribution in [-0.4, -0.2) is 41.8 Å². The predicted molar refractivity (Wildman–Crippen MR) is 155 cm³/mol. The average Bonchev–Trinajstić information content (AvgIpc) is 3.29. The second kappa shape index (κ2) is 12.0. The Morgan fingerprint density at radius 1 is 1.15 bits per heavy atom. The fourth-order valence-electron chi connectivity index (χ4n) is 5.15. The quantitative estimate of drug-likeness (QED) is 0.0969. The van der Waals surface area contributed by atoms with Crippen LogP contribution in [0.3, 0.4) is 0 Å². The molecule has 1 aliphatic rings. The van der Waals surface area contributed by atoms with Crippen LogP contribution in [-0.2, 0) is 13.9 Å². The molecule has 1 unspecified atom stereocenters. The third-order valence-corrected chi connectivity index (χ3v) is 12.4. The van der Waals surface area contributed by atoms with Gasteiger partial charge in [0.1, 0.15) is 12.3 Å². The fourth-order valence-corrected chi connectivity index (χ4v) is 10.1. The van der Waals surface area contributed by atoms with Gasteiger partial charge in [0.15, 0.2) is 5.14 Å². The monoisotopic (exact) mass is 613 g/mol. The first-order chi connectivity index (χ1) is 18.6. The minimum absolute atomic E-state index is 0.168. The van der Waals surface area contributed by atoms with Crippen LogP contribution >= 0.6 is 15.9 Å². The number of ether oxygens (including phenoxy) is 2. The maximum atomic E-state index is 12.6. The maximum Gasteiger partial charge on any atom is 0.330 e. The van der Waals surface area contributed by atoms with Gasteiger partial charge in [-0.2, -0.15) is 0 Å². The summed E-state index contributed by atoms with van der Waals surface area (Å²) in [6.07, 6.45) is -0.111. The van der Waals surface area contributed by atoms with Gasteiger partial charge in [-0.25, -0.2) is 4.79 Å². The van der Waals surface area contributed by atoms with Gasteiger partial charge < -0.3 is 13.9 Å². The van der Waals surface area contributed by atoms with Crippen LogP contribution < -0.4 is 21.6 Å². The number of hydrogen-bond acceptors (Lipinski definition) is 6. The van der Waals surface area contributed by atoms with E-state index < -0.39 is 43.1 Å². The van der Waals surface area contributed by atoms with Gasteiger partial charge in [0, 0.05) is 23.1 Å². The molecule has 4 rings (SSSR count). The molecule has 0 saturated carbocycles. The second-order valence-corrected chi connectivity index (χ2v) is 15.6. The molecule has 2 heterocycles. The van der Waals surface area contributed by atoms with Crippen molar-refractivity contribution in [3.63, 3.8) is 0 Å². The van der Waals surface area contributed by atoms with Crippen LogP contribution in [0.4, 0.5) is 0 Å². The molecule has 0 spiro atoms. The van der Waals surface area contributed by atoms with Crippen LogP contribution in [0.25, 0.3) is 10.4 Å². The van der Waals surface area contributed by atoms with Crippen LogP contribution in [0.5, 0.6) is 0 Å². The number of aryl methyl sites for hydroxylation is 1.